The summed E-state index contributed by atoms with van der Waals surface area (Å²) < 4.78 is -0.219. The summed E-state index contributed by atoms with van der Waals surface area (Å²) in [6, 6.07) is 0. The first-order chi connectivity index (χ1) is 7.62. The second-order valence-corrected chi connectivity index (χ2v) is 6.75. The van der Waals surface area contributed by atoms with Crippen LogP contribution in [0.4, 0.5) is 0 Å². The minimum atomic E-state index is -0.219. The Morgan fingerprint density at radius 1 is 1.50 bits per heavy atom. The highest BCUT2D eigenvalue weighted by Gasteiger charge is 2.37. The maximum absolute atomic E-state index is 12.0. The molecule has 1 aliphatic heterocycles. The second-order valence-electron chi connectivity index (χ2n) is 5.15. The molecule has 0 aromatic carbocycles. The molecule has 1 saturated carbocycles. The summed E-state index contributed by atoms with van der Waals surface area (Å²) in [6.45, 7) is 2.68. The van der Waals surface area contributed by atoms with Gasteiger partial charge in [-0.05, 0) is 38.4 Å². The molecule has 2 fully saturated rings. The molecule has 3 unspecified atom stereocenters. The van der Waals surface area contributed by atoms with E-state index >= 15 is 0 Å². The smallest absolute Gasteiger partial charge is 0.235 e. The zero-order valence-electron chi connectivity index (χ0n) is 9.87. The van der Waals surface area contributed by atoms with Crippen LogP contribution in [0.3, 0.4) is 0 Å². The first kappa shape index (κ1) is 12.2. The van der Waals surface area contributed by atoms with Crippen molar-refractivity contribution in [1.29, 1.82) is 0 Å². The molecule has 0 bridgehead atoms. The first-order valence-corrected chi connectivity index (χ1v) is 7.21. The summed E-state index contributed by atoms with van der Waals surface area (Å²) in [6.07, 6.45) is 4.95. The fraction of sp³-hybridized carbons (Fsp3) is 0.917. The zero-order chi connectivity index (χ0) is 11.6. The predicted octanol–water partition coefficient (Wildman–Crippen LogP) is 1.55. The third-order valence-corrected chi connectivity index (χ3v) is 5.36. The number of hydrogen-bond donors (Lipinski definition) is 2. The molecule has 0 aromatic rings. The summed E-state index contributed by atoms with van der Waals surface area (Å²) in [5.41, 5.74) is 0. The van der Waals surface area contributed by atoms with Crippen LogP contribution < -0.4 is 5.32 Å². The lowest BCUT2D eigenvalue weighted by molar-refractivity contribution is -0.123. The Balaban J connectivity index is 1.79. The number of amides is 1. The Hall–Kier alpha value is -0.220. The monoisotopic (exact) mass is 243 g/mol. The molecule has 0 aromatic heterocycles. The van der Waals surface area contributed by atoms with Crippen molar-refractivity contribution >= 4 is 17.7 Å². The number of carbonyl (C=O) groups is 1. The van der Waals surface area contributed by atoms with E-state index < -0.39 is 0 Å². The predicted molar refractivity (Wildman–Crippen MR) is 66.5 cm³/mol. The van der Waals surface area contributed by atoms with Gasteiger partial charge in [0.15, 0.2) is 0 Å². The highest BCUT2D eigenvalue weighted by molar-refractivity contribution is 8.01. The number of aliphatic hydroxyl groups is 1. The third kappa shape index (κ3) is 2.54. The van der Waals surface area contributed by atoms with Crippen LogP contribution in [0.25, 0.3) is 0 Å². The quantitative estimate of drug-likeness (QED) is 0.790. The Morgan fingerprint density at radius 3 is 2.88 bits per heavy atom. The Bertz CT molecular complexity index is 264. The summed E-state index contributed by atoms with van der Waals surface area (Å²) in [5, 5.41) is 12.7. The van der Waals surface area contributed by atoms with Crippen LogP contribution in [0.1, 0.15) is 39.0 Å². The molecule has 1 amide bonds. The standard InChI is InChI=1S/C12H21NO2S/c1-12(6-3-7-16-12)11(15)13-8-9-4-2-5-10(9)14/h9-10,14H,2-8H2,1H3,(H,13,15). The van der Waals surface area contributed by atoms with E-state index in [1.807, 2.05) is 6.92 Å². The summed E-state index contributed by atoms with van der Waals surface area (Å²) in [7, 11) is 0. The minimum Gasteiger partial charge on any atom is -0.393 e. The van der Waals surface area contributed by atoms with Crippen molar-refractivity contribution in [1.82, 2.24) is 5.32 Å². The van der Waals surface area contributed by atoms with Gasteiger partial charge in [-0.2, -0.15) is 0 Å². The normalized spacial score (nSPS) is 38.9. The average Bonchev–Trinajstić information content (AvgIpc) is 2.85. The van der Waals surface area contributed by atoms with Gasteiger partial charge in [-0.25, -0.2) is 0 Å². The highest BCUT2D eigenvalue weighted by atomic mass is 32.2. The molecular weight excluding hydrogens is 222 g/mol. The molecule has 16 heavy (non-hydrogen) atoms. The van der Waals surface area contributed by atoms with Crippen LogP contribution in [-0.2, 0) is 4.79 Å². The van der Waals surface area contributed by atoms with E-state index in [1.165, 1.54) is 0 Å². The lowest BCUT2D eigenvalue weighted by Crippen LogP contribution is -2.43. The van der Waals surface area contributed by atoms with Crippen LogP contribution in [0.5, 0.6) is 0 Å². The van der Waals surface area contributed by atoms with Crippen molar-refractivity contribution in [3.05, 3.63) is 0 Å². The Kier molecular flexibility index (Phi) is 3.80. The molecule has 2 aliphatic rings. The van der Waals surface area contributed by atoms with Crippen molar-refractivity contribution in [2.75, 3.05) is 12.3 Å². The molecule has 92 valence electrons. The fourth-order valence-corrected chi connectivity index (χ4v) is 3.86. The van der Waals surface area contributed by atoms with Crippen molar-refractivity contribution in [3.63, 3.8) is 0 Å². The van der Waals surface area contributed by atoms with Crippen molar-refractivity contribution in [3.8, 4) is 0 Å². The van der Waals surface area contributed by atoms with Gasteiger partial charge in [-0.3, -0.25) is 4.79 Å². The number of aliphatic hydroxyl groups excluding tert-OH is 1. The average molecular weight is 243 g/mol. The maximum atomic E-state index is 12.0. The van der Waals surface area contributed by atoms with Gasteiger partial charge in [-0.1, -0.05) is 6.42 Å². The number of hydrogen-bond acceptors (Lipinski definition) is 3. The lowest BCUT2D eigenvalue weighted by Gasteiger charge is -2.23. The van der Waals surface area contributed by atoms with E-state index in [4.69, 9.17) is 0 Å². The molecule has 0 radical (unpaired) electrons. The fourth-order valence-electron chi connectivity index (χ4n) is 2.62. The van der Waals surface area contributed by atoms with Crippen LogP contribution in [0, 0.1) is 5.92 Å². The second kappa shape index (κ2) is 4.96. The Labute approximate surface area is 101 Å². The first-order valence-electron chi connectivity index (χ1n) is 6.22. The van der Waals surface area contributed by atoms with E-state index in [0.29, 0.717) is 6.54 Å². The van der Waals surface area contributed by atoms with Crippen LogP contribution in [-0.4, -0.2) is 34.2 Å². The van der Waals surface area contributed by atoms with Crippen LogP contribution in [0.2, 0.25) is 0 Å². The van der Waals surface area contributed by atoms with E-state index in [-0.39, 0.29) is 22.7 Å². The highest BCUT2D eigenvalue weighted by Crippen LogP contribution is 2.37. The molecule has 1 heterocycles. The molecule has 3 atom stereocenters. The van der Waals surface area contributed by atoms with Crippen molar-refractivity contribution in [2.45, 2.75) is 49.9 Å². The summed E-state index contributed by atoms with van der Waals surface area (Å²) in [5.74, 6) is 1.53. The molecule has 4 heteroatoms. The molecular formula is C12H21NO2S. The molecule has 0 spiro atoms. The minimum absolute atomic E-state index is 0.161. The van der Waals surface area contributed by atoms with Gasteiger partial charge in [0.1, 0.15) is 0 Å². The summed E-state index contributed by atoms with van der Waals surface area (Å²) in [4.78, 5) is 12.0. The largest absolute Gasteiger partial charge is 0.393 e. The van der Waals surface area contributed by atoms with Gasteiger partial charge in [-0.15, -0.1) is 11.8 Å². The van der Waals surface area contributed by atoms with E-state index in [2.05, 4.69) is 5.32 Å². The lowest BCUT2D eigenvalue weighted by atomic mass is 10.0. The molecule has 2 rings (SSSR count). The number of nitrogens with one attached hydrogen (secondary N) is 1. The molecule has 1 aliphatic carbocycles. The Morgan fingerprint density at radius 2 is 2.31 bits per heavy atom. The third-order valence-electron chi connectivity index (χ3n) is 3.84. The summed E-state index contributed by atoms with van der Waals surface area (Å²) >= 11 is 1.76. The van der Waals surface area contributed by atoms with Gasteiger partial charge in [0.05, 0.1) is 10.9 Å². The molecule has 1 saturated heterocycles. The molecule has 3 nitrogen and oxygen atoms in total. The van der Waals surface area contributed by atoms with E-state index in [0.717, 1.165) is 37.9 Å². The zero-order valence-corrected chi connectivity index (χ0v) is 10.7. The number of carbonyl (C=O) groups excluding carboxylic acids is 1. The van der Waals surface area contributed by atoms with E-state index in [9.17, 15) is 9.90 Å². The van der Waals surface area contributed by atoms with Crippen LogP contribution in [0.15, 0.2) is 0 Å². The van der Waals surface area contributed by atoms with Gasteiger partial charge in [0.2, 0.25) is 5.91 Å². The maximum Gasteiger partial charge on any atom is 0.235 e. The van der Waals surface area contributed by atoms with Gasteiger partial charge >= 0.3 is 0 Å². The number of thioether (sulfide) groups is 1. The van der Waals surface area contributed by atoms with Crippen molar-refractivity contribution in [2.24, 2.45) is 5.92 Å². The van der Waals surface area contributed by atoms with Gasteiger partial charge in [0.25, 0.3) is 0 Å². The van der Waals surface area contributed by atoms with Crippen LogP contribution >= 0.6 is 11.8 Å². The van der Waals surface area contributed by atoms with Gasteiger partial charge in [0, 0.05) is 12.5 Å². The van der Waals surface area contributed by atoms with Gasteiger partial charge < -0.3 is 10.4 Å². The molecule has 2 N–H and O–H groups in total. The SMILES string of the molecule is CC1(C(=O)NCC2CCCC2O)CCCS1. The van der Waals surface area contributed by atoms with Crippen molar-refractivity contribution < 1.29 is 9.90 Å². The topological polar surface area (TPSA) is 49.3 Å². The number of rotatable bonds is 3. The van der Waals surface area contributed by atoms with E-state index in [1.54, 1.807) is 11.8 Å².